The van der Waals surface area contributed by atoms with Gasteiger partial charge in [0.1, 0.15) is 12.4 Å². The molecule has 0 unspecified atom stereocenters. The van der Waals surface area contributed by atoms with Crippen LogP contribution in [0, 0.1) is 18.8 Å². The molecule has 0 amide bonds. The third kappa shape index (κ3) is 6.52. The highest BCUT2D eigenvalue weighted by atomic mass is 35.5. The zero-order valence-electron chi connectivity index (χ0n) is 11.7. The first kappa shape index (κ1) is 15.9. The number of hydrogen-bond donors (Lipinski definition) is 0. The van der Waals surface area contributed by atoms with E-state index < -0.39 is 0 Å². The summed E-state index contributed by atoms with van der Waals surface area (Å²) in [4.78, 5) is 0. The van der Waals surface area contributed by atoms with Gasteiger partial charge in [-0.05, 0) is 37.1 Å². The highest BCUT2D eigenvalue weighted by molar-refractivity contribution is 6.19. The maximum atomic E-state index is 5.68. The maximum absolute atomic E-state index is 5.68. The molecule has 0 fully saturated rings. The minimum absolute atomic E-state index is 0.354. The van der Waals surface area contributed by atoms with E-state index in [2.05, 4.69) is 18.8 Å². The van der Waals surface area contributed by atoms with Gasteiger partial charge in [-0.25, -0.2) is 0 Å². The van der Waals surface area contributed by atoms with Gasteiger partial charge in [-0.2, -0.15) is 0 Å². The van der Waals surface area contributed by atoms with Crippen LogP contribution in [-0.2, 0) is 4.74 Å². The molecule has 3 heteroatoms. The fourth-order valence-corrected chi connectivity index (χ4v) is 1.65. The number of benzene rings is 1. The van der Waals surface area contributed by atoms with Gasteiger partial charge in [0.25, 0.3) is 0 Å². The van der Waals surface area contributed by atoms with E-state index in [0.29, 0.717) is 19.1 Å². The first-order valence-corrected chi connectivity index (χ1v) is 7.17. The molecule has 0 saturated carbocycles. The Morgan fingerprint density at radius 1 is 1.21 bits per heavy atom. The van der Waals surface area contributed by atoms with Crippen LogP contribution in [0.25, 0.3) is 0 Å². The van der Waals surface area contributed by atoms with Gasteiger partial charge in [0.15, 0.2) is 0 Å². The van der Waals surface area contributed by atoms with E-state index in [1.807, 2.05) is 25.1 Å². The Morgan fingerprint density at radius 2 is 2.05 bits per heavy atom. The second-order valence-corrected chi connectivity index (χ2v) is 4.50. The van der Waals surface area contributed by atoms with Gasteiger partial charge in [0.2, 0.25) is 0 Å². The van der Waals surface area contributed by atoms with E-state index in [1.165, 1.54) is 0 Å². The van der Waals surface area contributed by atoms with Crippen LogP contribution in [0.3, 0.4) is 0 Å². The second kappa shape index (κ2) is 9.72. The lowest BCUT2D eigenvalue weighted by atomic mass is 10.1. The summed E-state index contributed by atoms with van der Waals surface area (Å²) in [6.45, 7) is 6.19. The van der Waals surface area contributed by atoms with Crippen molar-refractivity contribution >= 4 is 11.6 Å². The molecule has 0 aliphatic carbocycles. The Hall–Kier alpha value is -1.17. The van der Waals surface area contributed by atoms with Gasteiger partial charge in [0, 0.05) is 12.2 Å². The van der Waals surface area contributed by atoms with Crippen LogP contribution in [0.5, 0.6) is 5.75 Å². The molecule has 1 aromatic rings. The van der Waals surface area contributed by atoms with Crippen LogP contribution in [-0.4, -0.2) is 25.7 Å². The lowest BCUT2D eigenvalue weighted by molar-refractivity contribution is 0.0978. The van der Waals surface area contributed by atoms with E-state index in [4.69, 9.17) is 21.1 Å². The van der Waals surface area contributed by atoms with Crippen molar-refractivity contribution in [2.24, 2.45) is 0 Å². The van der Waals surface area contributed by atoms with Crippen LogP contribution in [0.1, 0.15) is 30.9 Å². The molecule has 0 radical (unpaired) electrons. The molecule has 0 aliphatic rings. The molecule has 0 heterocycles. The molecular weight excluding hydrogens is 260 g/mol. The Bertz CT molecular complexity index is 432. The predicted molar refractivity (Wildman–Crippen MR) is 80.0 cm³/mol. The number of alkyl halides is 1. The Balaban J connectivity index is 2.38. The van der Waals surface area contributed by atoms with E-state index in [9.17, 15) is 0 Å². The van der Waals surface area contributed by atoms with Crippen molar-refractivity contribution in [1.29, 1.82) is 0 Å². The van der Waals surface area contributed by atoms with E-state index in [1.54, 1.807) is 0 Å². The first-order valence-electron chi connectivity index (χ1n) is 6.64. The number of halogens is 1. The van der Waals surface area contributed by atoms with Gasteiger partial charge < -0.3 is 9.47 Å². The van der Waals surface area contributed by atoms with E-state index in [0.717, 1.165) is 36.3 Å². The van der Waals surface area contributed by atoms with Crippen LogP contribution in [0.2, 0.25) is 0 Å². The zero-order valence-corrected chi connectivity index (χ0v) is 12.4. The lowest BCUT2D eigenvalue weighted by Crippen LogP contribution is -2.08. The van der Waals surface area contributed by atoms with Gasteiger partial charge in [-0.15, -0.1) is 11.6 Å². The van der Waals surface area contributed by atoms with Gasteiger partial charge in [-0.1, -0.05) is 25.2 Å². The highest BCUT2D eigenvalue weighted by Gasteiger charge is 2.00. The number of ether oxygens (including phenoxy) is 2. The smallest absolute Gasteiger partial charge is 0.122 e. The van der Waals surface area contributed by atoms with Crippen LogP contribution in [0.4, 0.5) is 0 Å². The molecule has 0 atom stereocenters. The monoisotopic (exact) mass is 280 g/mol. The molecule has 0 aliphatic heterocycles. The van der Waals surface area contributed by atoms with E-state index in [-0.39, 0.29) is 0 Å². The number of rotatable bonds is 7. The molecule has 0 bridgehead atoms. The number of aryl methyl sites for hydroxylation is 1. The van der Waals surface area contributed by atoms with Gasteiger partial charge in [-0.3, -0.25) is 0 Å². The molecule has 0 aromatic heterocycles. The van der Waals surface area contributed by atoms with Crippen molar-refractivity contribution in [2.75, 3.05) is 25.7 Å². The van der Waals surface area contributed by atoms with Gasteiger partial charge in [0.05, 0.1) is 12.5 Å². The average molecular weight is 281 g/mol. The highest BCUT2D eigenvalue weighted by Crippen LogP contribution is 2.18. The molecule has 104 valence electrons. The van der Waals surface area contributed by atoms with Gasteiger partial charge >= 0.3 is 0 Å². The average Bonchev–Trinajstić information content (AvgIpc) is 2.42. The summed E-state index contributed by atoms with van der Waals surface area (Å²) in [5, 5.41) is 0. The standard InChI is InChI=1S/C16H21ClO2/c1-3-4-10-18-11-12-19-16-8-7-15(6-5-9-17)13-14(16)2/h7-8,13H,3-4,9-12H2,1-2H3. The molecular formula is C16H21ClO2. The lowest BCUT2D eigenvalue weighted by Gasteiger charge is -2.09. The minimum atomic E-state index is 0.354. The summed E-state index contributed by atoms with van der Waals surface area (Å²) < 4.78 is 11.1. The minimum Gasteiger partial charge on any atom is -0.491 e. The molecule has 2 nitrogen and oxygen atoms in total. The van der Waals surface area contributed by atoms with E-state index >= 15 is 0 Å². The number of unbranched alkanes of at least 4 members (excludes halogenated alkanes) is 1. The number of hydrogen-bond acceptors (Lipinski definition) is 2. The summed E-state index contributed by atoms with van der Waals surface area (Å²) in [5.41, 5.74) is 2.04. The van der Waals surface area contributed by atoms with Crippen molar-refractivity contribution in [3.63, 3.8) is 0 Å². The fourth-order valence-electron chi connectivity index (χ4n) is 1.58. The zero-order chi connectivity index (χ0) is 13.9. The van der Waals surface area contributed by atoms with Crippen molar-refractivity contribution in [1.82, 2.24) is 0 Å². The molecule has 1 rings (SSSR count). The molecule has 0 N–H and O–H groups in total. The Morgan fingerprint density at radius 3 is 2.74 bits per heavy atom. The van der Waals surface area contributed by atoms with Crippen LogP contribution >= 0.6 is 11.6 Å². The third-order valence-electron chi connectivity index (χ3n) is 2.60. The fraction of sp³-hybridized carbons (Fsp3) is 0.500. The first-order chi connectivity index (χ1) is 9.27. The summed E-state index contributed by atoms with van der Waals surface area (Å²) in [7, 11) is 0. The Labute approximate surface area is 121 Å². The molecule has 0 saturated heterocycles. The summed E-state index contributed by atoms with van der Waals surface area (Å²) in [5.74, 6) is 7.07. The summed E-state index contributed by atoms with van der Waals surface area (Å²) >= 11 is 5.53. The predicted octanol–water partition coefficient (Wildman–Crippen LogP) is 3.78. The summed E-state index contributed by atoms with van der Waals surface area (Å²) in [6, 6.07) is 5.90. The maximum Gasteiger partial charge on any atom is 0.122 e. The SMILES string of the molecule is CCCCOCCOc1ccc(C#CCCl)cc1C. The van der Waals surface area contributed by atoms with Crippen molar-refractivity contribution in [3.05, 3.63) is 29.3 Å². The normalized spacial score (nSPS) is 9.84. The Kier molecular flexibility index (Phi) is 8.13. The van der Waals surface area contributed by atoms with Crippen molar-refractivity contribution in [3.8, 4) is 17.6 Å². The summed E-state index contributed by atoms with van der Waals surface area (Å²) in [6.07, 6.45) is 2.26. The quantitative estimate of drug-likeness (QED) is 0.430. The van der Waals surface area contributed by atoms with Crippen LogP contribution in [0.15, 0.2) is 18.2 Å². The van der Waals surface area contributed by atoms with Crippen LogP contribution < -0.4 is 4.74 Å². The molecule has 19 heavy (non-hydrogen) atoms. The third-order valence-corrected chi connectivity index (χ3v) is 2.74. The largest absolute Gasteiger partial charge is 0.491 e. The second-order valence-electron chi connectivity index (χ2n) is 4.23. The van der Waals surface area contributed by atoms with Crippen molar-refractivity contribution in [2.45, 2.75) is 26.7 Å². The topological polar surface area (TPSA) is 18.5 Å². The molecule has 1 aromatic carbocycles. The molecule has 0 spiro atoms. The van der Waals surface area contributed by atoms with Crippen molar-refractivity contribution < 1.29 is 9.47 Å².